The first-order valence-corrected chi connectivity index (χ1v) is 7.98. The first kappa shape index (κ1) is 18.2. The first-order valence-electron chi connectivity index (χ1n) is 7.98. The Kier molecular flexibility index (Phi) is 6.57. The van der Waals surface area contributed by atoms with E-state index in [4.69, 9.17) is 14.6 Å². The van der Waals surface area contributed by atoms with Crippen LogP contribution in [0.5, 0.6) is 5.75 Å². The van der Waals surface area contributed by atoms with Gasteiger partial charge in [0.05, 0.1) is 19.3 Å². The fraction of sp³-hybridized carbons (Fsp3) is 0.529. The lowest BCUT2D eigenvalue weighted by Crippen LogP contribution is -2.52. The van der Waals surface area contributed by atoms with E-state index in [1.807, 2.05) is 30.3 Å². The van der Waals surface area contributed by atoms with E-state index in [1.54, 1.807) is 23.8 Å². The number of carboxylic acid groups (broad SMARTS) is 1. The molecule has 2 rings (SSSR count). The second-order valence-electron chi connectivity index (χ2n) is 5.94. The molecule has 0 radical (unpaired) electrons. The summed E-state index contributed by atoms with van der Waals surface area (Å²) in [6.45, 7) is 3.53. The molecule has 7 heteroatoms. The van der Waals surface area contributed by atoms with Crippen molar-refractivity contribution in [3.8, 4) is 5.75 Å². The highest BCUT2D eigenvalue weighted by molar-refractivity contribution is 5.81. The van der Waals surface area contributed by atoms with Crippen molar-refractivity contribution in [2.75, 3.05) is 39.8 Å². The lowest BCUT2D eigenvalue weighted by Gasteiger charge is -2.35. The second-order valence-corrected chi connectivity index (χ2v) is 5.94. The molecule has 1 N–H and O–H groups in total. The monoisotopic (exact) mass is 336 g/mol. The van der Waals surface area contributed by atoms with Crippen LogP contribution in [0.25, 0.3) is 0 Å². The Morgan fingerprint density at radius 3 is 2.79 bits per heavy atom. The average Bonchev–Trinajstić information content (AvgIpc) is 2.54. The number of aliphatic carboxylic acids is 1. The van der Waals surface area contributed by atoms with E-state index >= 15 is 0 Å². The van der Waals surface area contributed by atoms with E-state index in [2.05, 4.69) is 0 Å². The summed E-state index contributed by atoms with van der Waals surface area (Å²) in [6.07, 6.45) is -0.779. The summed E-state index contributed by atoms with van der Waals surface area (Å²) in [5.41, 5.74) is 0. The summed E-state index contributed by atoms with van der Waals surface area (Å²) in [5, 5.41) is 8.80. The number of hydrogen-bond acceptors (Lipinski definition) is 5. The van der Waals surface area contributed by atoms with E-state index in [1.165, 1.54) is 0 Å². The summed E-state index contributed by atoms with van der Waals surface area (Å²) in [4.78, 5) is 26.7. The van der Waals surface area contributed by atoms with Crippen LogP contribution in [-0.4, -0.2) is 78.8 Å². The van der Waals surface area contributed by atoms with Gasteiger partial charge in [0.25, 0.3) is 5.91 Å². The fourth-order valence-corrected chi connectivity index (χ4v) is 2.68. The SMILES string of the molecule is CC(Oc1ccccc1)C(=O)N1CCOC(CN(C)CC(=O)O)C1. The molecule has 2 atom stereocenters. The average molecular weight is 336 g/mol. The van der Waals surface area contributed by atoms with Crippen LogP contribution in [0.1, 0.15) is 6.92 Å². The fourth-order valence-electron chi connectivity index (χ4n) is 2.68. The molecule has 2 unspecified atom stereocenters. The van der Waals surface area contributed by atoms with Crippen molar-refractivity contribution >= 4 is 11.9 Å². The number of ether oxygens (including phenoxy) is 2. The van der Waals surface area contributed by atoms with Crippen LogP contribution in [0.15, 0.2) is 30.3 Å². The number of rotatable bonds is 7. The Balaban J connectivity index is 1.86. The highest BCUT2D eigenvalue weighted by Gasteiger charge is 2.29. The van der Waals surface area contributed by atoms with Gasteiger partial charge in [0.1, 0.15) is 5.75 Å². The third-order valence-corrected chi connectivity index (χ3v) is 3.77. The Labute approximate surface area is 141 Å². The van der Waals surface area contributed by atoms with Gasteiger partial charge < -0.3 is 19.5 Å². The normalized spacial score (nSPS) is 19.1. The Bertz CT molecular complexity index is 551. The molecule has 24 heavy (non-hydrogen) atoms. The molecule has 1 aromatic carbocycles. The number of para-hydroxylation sites is 1. The second kappa shape index (κ2) is 8.65. The number of carboxylic acids is 1. The molecular formula is C17H24N2O5. The molecule has 1 aliphatic heterocycles. The van der Waals surface area contributed by atoms with E-state index in [-0.39, 0.29) is 18.6 Å². The number of benzene rings is 1. The Hall–Kier alpha value is -2.12. The Morgan fingerprint density at radius 1 is 1.42 bits per heavy atom. The number of carbonyl (C=O) groups excluding carboxylic acids is 1. The van der Waals surface area contributed by atoms with Gasteiger partial charge in [-0.1, -0.05) is 18.2 Å². The molecule has 7 nitrogen and oxygen atoms in total. The van der Waals surface area contributed by atoms with Gasteiger partial charge in [-0.05, 0) is 26.1 Å². The summed E-state index contributed by atoms with van der Waals surface area (Å²) >= 11 is 0. The minimum Gasteiger partial charge on any atom is -0.481 e. The molecule has 1 amide bonds. The topological polar surface area (TPSA) is 79.3 Å². The minimum atomic E-state index is -0.883. The van der Waals surface area contributed by atoms with Crippen LogP contribution in [0.4, 0.5) is 0 Å². The predicted molar refractivity (Wildman–Crippen MR) is 88.0 cm³/mol. The van der Waals surface area contributed by atoms with Crippen LogP contribution in [0, 0.1) is 0 Å². The summed E-state index contributed by atoms with van der Waals surface area (Å²) in [5.74, 6) is -0.316. The quantitative estimate of drug-likeness (QED) is 0.789. The van der Waals surface area contributed by atoms with Gasteiger partial charge >= 0.3 is 5.97 Å². The van der Waals surface area contributed by atoms with E-state index in [0.717, 1.165) is 0 Å². The van der Waals surface area contributed by atoms with E-state index < -0.39 is 12.1 Å². The third kappa shape index (κ3) is 5.50. The summed E-state index contributed by atoms with van der Waals surface area (Å²) in [7, 11) is 1.72. The third-order valence-electron chi connectivity index (χ3n) is 3.77. The van der Waals surface area contributed by atoms with Crippen molar-refractivity contribution in [3.05, 3.63) is 30.3 Å². The number of hydrogen-bond donors (Lipinski definition) is 1. The van der Waals surface area contributed by atoms with Crippen molar-refractivity contribution < 1.29 is 24.2 Å². The van der Waals surface area contributed by atoms with Gasteiger partial charge in [0, 0.05) is 19.6 Å². The molecule has 1 aliphatic rings. The van der Waals surface area contributed by atoms with Gasteiger partial charge in [0.15, 0.2) is 6.10 Å². The predicted octanol–water partition coefficient (Wildman–Crippen LogP) is 0.698. The van der Waals surface area contributed by atoms with Crippen LogP contribution >= 0.6 is 0 Å². The number of nitrogens with zero attached hydrogens (tertiary/aromatic N) is 2. The highest BCUT2D eigenvalue weighted by Crippen LogP contribution is 2.14. The van der Waals surface area contributed by atoms with Crippen molar-refractivity contribution in [3.63, 3.8) is 0 Å². The summed E-state index contributed by atoms with van der Waals surface area (Å²) < 4.78 is 11.3. The van der Waals surface area contributed by atoms with Crippen molar-refractivity contribution in [1.82, 2.24) is 9.80 Å². The number of likely N-dealkylation sites (N-methyl/N-ethyl adjacent to an activating group) is 1. The van der Waals surface area contributed by atoms with Gasteiger partial charge in [-0.2, -0.15) is 0 Å². The maximum absolute atomic E-state index is 12.5. The molecule has 0 aliphatic carbocycles. The standard InChI is InChI=1S/C17H24N2O5/c1-13(24-14-6-4-3-5-7-14)17(22)19-8-9-23-15(11-19)10-18(2)12-16(20)21/h3-7,13,15H,8-12H2,1-2H3,(H,20,21). The van der Waals surface area contributed by atoms with Crippen LogP contribution in [0.2, 0.25) is 0 Å². The van der Waals surface area contributed by atoms with Gasteiger partial charge in [-0.15, -0.1) is 0 Å². The zero-order chi connectivity index (χ0) is 17.5. The van der Waals surface area contributed by atoms with E-state index in [9.17, 15) is 9.59 Å². The highest BCUT2D eigenvalue weighted by atomic mass is 16.5. The first-order chi connectivity index (χ1) is 11.5. The lowest BCUT2D eigenvalue weighted by atomic mass is 10.2. The maximum Gasteiger partial charge on any atom is 0.317 e. The van der Waals surface area contributed by atoms with Crippen LogP contribution < -0.4 is 4.74 Å². The van der Waals surface area contributed by atoms with Crippen LogP contribution in [-0.2, 0) is 14.3 Å². The molecule has 1 saturated heterocycles. The molecule has 0 spiro atoms. The van der Waals surface area contributed by atoms with Crippen LogP contribution in [0.3, 0.4) is 0 Å². The summed E-state index contributed by atoms with van der Waals surface area (Å²) in [6, 6.07) is 9.23. The zero-order valence-corrected chi connectivity index (χ0v) is 14.1. The molecule has 0 bridgehead atoms. The molecule has 132 valence electrons. The van der Waals surface area contributed by atoms with Crippen molar-refractivity contribution in [2.45, 2.75) is 19.1 Å². The molecule has 1 heterocycles. The van der Waals surface area contributed by atoms with Gasteiger partial charge in [-0.25, -0.2) is 0 Å². The molecule has 1 aromatic rings. The smallest absolute Gasteiger partial charge is 0.317 e. The lowest BCUT2D eigenvalue weighted by molar-refractivity contribution is -0.147. The van der Waals surface area contributed by atoms with Gasteiger partial charge in [0.2, 0.25) is 0 Å². The number of morpholine rings is 1. The van der Waals surface area contributed by atoms with E-state index in [0.29, 0.717) is 32.0 Å². The molecule has 0 aromatic heterocycles. The van der Waals surface area contributed by atoms with Gasteiger partial charge in [-0.3, -0.25) is 14.5 Å². The van der Waals surface area contributed by atoms with Crippen molar-refractivity contribution in [1.29, 1.82) is 0 Å². The minimum absolute atomic E-state index is 0.0542. The molecule has 0 saturated carbocycles. The number of carbonyl (C=O) groups is 2. The molecule has 1 fully saturated rings. The van der Waals surface area contributed by atoms with Crippen molar-refractivity contribution in [2.24, 2.45) is 0 Å². The Morgan fingerprint density at radius 2 is 2.12 bits per heavy atom. The maximum atomic E-state index is 12.5. The largest absolute Gasteiger partial charge is 0.481 e. The zero-order valence-electron chi connectivity index (χ0n) is 14.1. The molecular weight excluding hydrogens is 312 g/mol. The number of amides is 1.